The lowest BCUT2D eigenvalue weighted by Gasteiger charge is -2.31. The maximum absolute atomic E-state index is 12.9. The Morgan fingerprint density at radius 1 is 1.04 bits per heavy atom. The average Bonchev–Trinajstić information content (AvgIpc) is 2.64. The van der Waals surface area contributed by atoms with Crippen LogP contribution in [0.5, 0.6) is 0 Å². The van der Waals surface area contributed by atoms with Crippen LogP contribution in [0.3, 0.4) is 0 Å². The fourth-order valence-electron chi connectivity index (χ4n) is 3.18. The van der Waals surface area contributed by atoms with E-state index in [1.165, 1.54) is 24.3 Å². The van der Waals surface area contributed by atoms with Gasteiger partial charge in [-0.2, -0.15) is 0 Å². The molecule has 2 N–H and O–H groups in total. The molecule has 1 fully saturated rings. The van der Waals surface area contributed by atoms with Crippen molar-refractivity contribution in [2.75, 3.05) is 24.2 Å². The summed E-state index contributed by atoms with van der Waals surface area (Å²) in [4.78, 5) is 26.9. The van der Waals surface area contributed by atoms with Crippen LogP contribution in [0.2, 0.25) is 0 Å². The summed E-state index contributed by atoms with van der Waals surface area (Å²) in [6.07, 6.45) is 3.03. The molecular formula is C20H22FN3O2. The van der Waals surface area contributed by atoms with Crippen LogP contribution in [0, 0.1) is 5.82 Å². The summed E-state index contributed by atoms with van der Waals surface area (Å²) in [5.74, 6) is -0.287. The average molecular weight is 355 g/mol. The Bertz CT molecular complexity index is 792. The molecule has 2 aromatic rings. The third-order valence-corrected chi connectivity index (χ3v) is 4.58. The van der Waals surface area contributed by atoms with Gasteiger partial charge in [0.05, 0.1) is 6.04 Å². The van der Waals surface area contributed by atoms with E-state index >= 15 is 0 Å². The summed E-state index contributed by atoms with van der Waals surface area (Å²) >= 11 is 0. The second-order valence-electron chi connectivity index (χ2n) is 6.52. The highest BCUT2D eigenvalue weighted by atomic mass is 19.1. The van der Waals surface area contributed by atoms with Crippen LogP contribution in [0.1, 0.15) is 29.6 Å². The van der Waals surface area contributed by atoms with E-state index in [0.717, 1.165) is 25.8 Å². The van der Waals surface area contributed by atoms with Crippen molar-refractivity contribution < 1.29 is 14.0 Å². The number of halogens is 1. The molecular weight excluding hydrogens is 333 g/mol. The lowest BCUT2D eigenvalue weighted by molar-refractivity contribution is 0.0798. The highest BCUT2D eigenvalue weighted by Crippen LogP contribution is 2.21. The normalized spacial score (nSPS) is 17.5. The van der Waals surface area contributed by atoms with Gasteiger partial charge in [-0.3, -0.25) is 9.69 Å². The van der Waals surface area contributed by atoms with Gasteiger partial charge in [0.15, 0.2) is 5.78 Å². The molecule has 2 amide bonds. The number of urea groups is 1. The van der Waals surface area contributed by atoms with Crippen molar-refractivity contribution in [2.45, 2.75) is 25.3 Å². The molecule has 1 unspecified atom stereocenters. The van der Waals surface area contributed by atoms with E-state index in [4.69, 9.17) is 0 Å². The summed E-state index contributed by atoms with van der Waals surface area (Å²) in [6, 6.07) is 11.9. The molecule has 0 saturated carbocycles. The summed E-state index contributed by atoms with van der Waals surface area (Å²) < 4.78 is 12.9. The van der Waals surface area contributed by atoms with Crippen LogP contribution < -0.4 is 10.6 Å². The first kappa shape index (κ1) is 18.1. The molecule has 136 valence electrons. The fourth-order valence-corrected chi connectivity index (χ4v) is 3.18. The topological polar surface area (TPSA) is 61.4 Å². The number of amides is 2. The number of ketones is 1. The molecule has 0 spiro atoms. The van der Waals surface area contributed by atoms with Crippen molar-refractivity contribution in [3.05, 3.63) is 59.9 Å². The number of anilines is 2. The predicted octanol–water partition coefficient (Wildman–Crippen LogP) is 4.14. The van der Waals surface area contributed by atoms with E-state index in [1.54, 1.807) is 24.3 Å². The predicted molar refractivity (Wildman–Crippen MR) is 100 cm³/mol. The van der Waals surface area contributed by atoms with Gasteiger partial charge in [-0.1, -0.05) is 18.6 Å². The van der Waals surface area contributed by atoms with Gasteiger partial charge >= 0.3 is 6.03 Å². The van der Waals surface area contributed by atoms with E-state index in [9.17, 15) is 14.0 Å². The third-order valence-electron chi connectivity index (χ3n) is 4.58. The van der Waals surface area contributed by atoms with E-state index in [1.807, 2.05) is 7.05 Å². The molecule has 5 nitrogen and oxygen atoms in total. The van der Waals surface area contributed by atoms with Gasteiger partial charge in [-0.05, 0) is 62.8 Å². The zero-order chi connectivity index (χ0) is 18.5. The number of benzene rings is 2. The number of hydrogen-bond acceptors (Lipinski definition) is 3. The number of hydrogen-bond donors (Lipinski definition) is 2. The number of nitrogens with one attached hydrogen (secondary N) is 2. The summed E-state index contributed by atoms with van der Waals surface area (Å²) in [5, 5.41) is 5.33. The maximum atomic E-state index is 12.9. The largest absolute Gasteiger partial charge is 0.323 e. The number of carbonyl (C=O) groups excluding carboxylic acids is 2. The van der Waals surface area contributed by atoms with Gasteiger partial charge < -0.3 is 10.6 Å². The van der Waals surface area contributed by atoms with Crippen LogP contribution in [0.15, 0.2) is 48.5 Å². The SMILES string of the molecule is CN1CCCCC1C(=O)c1cccc(NC(=O)Nc2ccc(F)cc2)c1. The minimum Gasteiger partial charge on any atom is -0.308 e. The standard InChI is InChI=1S/C20H22FN3O2/c1-24-12-3-2-7-18(24)19(25)14-5-4-6-17(13-14)23-20(26)22-16-10-8-15(21)9-11-16/h4-6,8-11,13,18H,2-3,7,12H2,1H3,(H2,22,23,26). The van der Waals surface area contributed by atoms with Crippen molar-refractivity contribution in [3.63, 3.8) is 0 Å². The summed E-state index contributed by atoms with van der Waals surface area (Å²) in [6.45, 7) is 0.925. The lowest BCUT2D eigenvalue weighted by atomic mass is 9.95. The molecule has 0 aromatic heterocycles. The fraction of sp³-hybridized carbons (Fsp3) is 0.300. The maximum Gasteiger partial charge on any atom is 0.323 e. The van der Waals surface area contributed by atoms with Crippen molar-refractivity contribution in [1.29, 1.82) is 0 Å². The first-order valence-corrected chi connectivity index (χ1v) is 8.71. The lowest BCUT2D eigenvalue weighted by Crippen LogP contribution is -2.42. The van der Waals surface area contributed by atoms with Crippen LogP contribution in [-0.4, -0.2) is 36.3 Å². The molecule has 1 atom stereocenters. The molecule has 1 heterocycles. The van der Waals surface area contributed by atoms with Crippen LogP contribution in [0.25, 0.3) is 0 Å². The number of piperidine rings is 1. The number of nitrogens with zero attached hydrogens (tertiary/aromatic N) is 1. The van der Waals surface area contributed by atoms with Gasteiger partial charge in [-0.15, -0.1) is 0 Å². The first-order valence-electron chi connectivity index (χ1n) is 8.71. The van der Waals surface area contributed by atoms with Crippen molar-refractivity contribution in [1.82, 2.24) is 4.90 Å². The Morgan fingerprint density at radius 3 is 2.50 bits per heavy atom. The summed E-state index contributed by atoms with van der Waals surface area (Å²) in [7, 11) is 1.97. The van der Waals surface area contributed by atoms with Crippen LogP contribution in [-0.2, 0) is 0 Å². The first-order chi connectivity index (χ1) is 12.5. The van der Waals surface area contributed by atoms with Gasteiger partial charge in [-0.25, -0.2) is 9.18 Å². The Labute approximate surface area is 152 Å². The second kappa shape index (κ2) is 8.10. The zero-order valence-corrected chi connectivity index (χ0v) is 14.7. The number of likely N-dealkylation sites (tertiary alicyclic amines) is 1. The molecule has 0 bridgehead atoms. The highest BCUT2D eigenvalue weighted by molar-refractivity contribution is 6.03. The summed E-state index contributed by atoms with van der Waals surface area (Å²) in [5.41, 5.74) is 1.61. The highest BCUT2D eigenvalue weighted by Gasteiger charge is 2.26. The minimum absolute atomic E-state index is 0.0785. The van der Waals surface area contributed by atoms with Gasteiger partial charge in [0.2, 0.25) is 0 Å². The smallest absolute Gasteiger partial charge is 0.308 e. The molecule has 0 radical (unpaired) electrons. The van der Waals surface area contributed by atoms with Gasteiger partial charge in [0, 0.05) is 16.9 Å². The molecule has 26 heavy (non-hydrogen) atoms. The molecule has 1 saturated heterocycles. The van der Waals surface area contributed by atoms with Gasteiger partial charge in [0.25, 0.3) is 0 Å². The van der Waals surface area contributed by atoms with Crippen LogP contribution >= 0.6 is 0 Å². The molecule has 6 heteroatoms. The minimum atomic E-state index is -0.448. The second-order valence-corrected chi connectivity index (χ2v) is 6.52. The van der Waals surface area contributed by atoms with Gasteiger partial charge in [0.1, 0.15) is 5.82 Å². The third kappa shape index (κ3) is 4.46. The quantitative estimate of drug-likeness (QED) is 0.811. The molecule has 1 aliphatic heterocycles. The molecule has 1 aliphatic rings. The van der Waals surface area contributed by atoms with E-state index < -0.39 is 6.03 Å². The monoisotopic (exact) mass is 355 g/mol. The number of carbonyl (C=O) groups is 2. The van der Waals surface area contributed by atoms with Crippen LogP contribution in [0.4, 0.5) is 20.6 Å². The zero-order valence-electron chi connectivity index (χ0n) is 14.7. The van der Waals surface area contributed by atoms with E-state index in [-0.39, 0.29) is 17.6 Å². The Balaban J connectivity index is 1.65. The van der Waals surface area contributed by atoms with Crippen molar-refractivity contribution in [3.8, 4) is 0 Å². The van der Waals surface area contributed by atoms with Crippen molar-refractivity contribution in [2.24, 2.45) is 0 Å². The molecule has 3 rings (SSSR count). The number of likely N-dealkylation sites (N-methyl/N-ethyl adjacent to an activating group) is 1. The Kier molecular flexibility index (Phi) is 5.63. The Hall–Kier alpha value is -2.73. The number of rotatable bonds is 4. The van der Waals surface area contributed by atoms with E-state index in [0.29, 0.717) is 16.9 Å². The van der Waals surface area contributed by atoms with Crippen molar-refractivity contribution >= 4 is 23.2 Å². The van der Waals surface area contributed by atoms with E-state index in [2.05, 4.69) is 15.5 Å². The molecule has 2 aromatic carbocycles. The molecule has 0 aliphatic carbocycles. The number of Topliss-reactive ketones (excluding diaryl/α,β-unsaturated/α-hetero) is 1. The Morgan fingerprint density at radius 2 is 1.77 bits per heavy atom.